The van der Waals surface area contributed by atoms with Crippen molar-refractivity contribution in [3.8, 4) is 5.75 Å². The lowest BCUT2D eigenvalue weighted by Crippen LogP contribution is -2.40. The Kier molecular flexibility index (Phi) is 6.21. The maximum atomic E-state index is 11.6. The number of ether oxygens (including phenoxy) is 1. The maximum absolute atomic E-state index is 11.6. The van der Waals surface area contributed by atoms with Gasteiger partial charge in [-0.05, 0) is 19.1 Å². The van der Waals surface area contributed by atoms with E-state index in [2.05, 4.69) is 10.6 Å². The minimum atomic E-state index is -0.418. The Bertz CT molecular complexity index is 475. The number of nitrogens with one attached hydrogen (secondary N) is 2. The van der Waals surface area contributed by atoms with Crippen molar-refractivity contribution in [1.29, 1.82) is 0 Å². The average molecular weight is 292 g/mol. The van der Waals surface area contributed by atoms with Gasteiger partial charge in [0, 0.05) is 18.5 Å². The van der Waals surface area contributed by atoms with Crippen molar-refractivity contribution in [2.75, 3.05) is 19.7 Å². The molecule has 2 amide bonds. The first-order valence-corrected chi connectivity index (χ1v) is 7.03. The lowest BCUT2D eigenvalue weighted by Gasteiger charge is -2.17. The highest BCUT2D eigenvalue weighted by molar-refractivity contribution is 5.81. The van der Waals surface area contributed by atoms with Gasteiger partial charge in [-0.15, -0.1) is 0 Å². The van der Waals surface area contributed by atoms with E-state index in [1.54, 1.807) is 0 Å². The Morgan fingerprint density at radius 3 is 2.19 bits per heavy atom. The molecule has 1 rings (SSSR count). The van der Waals surface area contributed by atoms with Crippen LogP contribution in [0.1, 0.15) is 26.3 Å². The molecule has 0 aliphatic carbocycles. The molecule has 21 heavy (non-hydrogen) atoms. The van der Waals surface area contributed by atoms with Crippen molar-refractivity contribution < 1.29 is 14.3 Å². The number of hydrogen-bond acceptors (Lipinski definition) is 3. The van der Waals surface area contributed by atoms with Crippen molar-refractivity contribution in [3.05, 3.63) is 29.8 Å². The molecule has 0 bridgehead atoms. The first kappa shape index (κ1) is 17.0. The van der Waals surface area contributed by atoms with Gasteiger partial charge in [-0.3, -0.25) is 9.59 Å². The summed E-state index contributed by atoms with van der Waals surface area (Å²) in [5.41, 5.74) is 0.722. The first-order valence-electron chi connectivity index (χ1n) is 7.03. The summed E-state index contributed by atoms with van der Waals surface area (Å²) in [6.45, 7) is 8.28. The minimum Gasteiger partial charge on any atom is -0.484 e. The topological polar surface area (TPSA) is 67.4 Å². The summed E-state index contributed by atoms with van der Waals surface area (Å²) in [5, 5.41) is 5.46. The van der Waals surface area contributed by atoms with Crippen LogP contribution in [0.2, 0.25) is 0 Å². The monoisotopic (exact) mass is 292 g/mol. The zero-order valence-corrected chi connectivity index (χ0v) is 13.2. The Labute approximate surface area is 126 Å². The fourth-order valence-electron chi connectivity index (χ4n) is 1.48. The fraction of sp³-hybridized carbons (Fsp3) is 0.500. The van der Waals surface area contributed by atoms with E-state index in [4.69, 9.17) is 4.74 Å². The molecule has 0 aromatic heterocycles. The summed E-state index contributed by atoms with van der Waals surface area (Å²) < 4.78 is 5.36. The van der Waals surface area contributed by atoms with E-state index >= 15 is 0 Å². The standard InChI is InChI=1S/C16H24N2O3/c1-12-5-7-13(8-6-12)21-11-14(19)17-9-10-18-15(20)16(2,3)4/h5-8H,9-11H2,1-4H3,(H,17,19)(H,18,20). The summed E-state index contributed by atoms with van der Waals surface area (Å²) in [4.78, 5) is 23.2. The smallest absolute Gasteiger partial charge is 0.258 e. The van der Waals surface area contributed by atoms with Gasteiger partial charge in [0.25, 0.3) is 5.91 Å². The van der Waals surface area contributed by atoms with E-state index in [0.717, 1.165) is 5.56 Å². The van der Waals surface area contributed by atoms with Gasteiger partial charge in [0.2, 0.25) is 5.91 Å². The molecule has 0 atom stereocenters. The van der Waals surface area contributed by atoms with E-state index < -0.39 is 5.41 Å². The molecule has 0 heterocycles. The van der Waals surface area contributed by atoms with Gasteiger partial charge in [0.15, 0.2) is 6.61 Å². The number of amides is 2. The molecule has 0 saturated carbocycles. The molecule has 0 spiro atoms. The number of rotatable bonds is 6. The van der Waals surface area contributed by atoms with Crippen molar-refractivity contribution in [2.45, 2.75) is 27.7 Å². The zero-order valence-electron chi connectivity index (χ0n) is 13.2. The normalized spacial score (nSPS) is 10.9. The number of benzene rings is 1. The quantitative estimate of drug-likeness (QED) is 0.783. The van der Waals surface area contributed by atoms with Gasteiger partial charge in [-0.25, -0.2) is 0 Å². The van der Waals surface area contributed by atoms with Crippen LogP contribution < -0.4 is 15.4 Å². The third-order valence-electron chi connectivity index (χ3n) is 2.80. The van der Waals surface area contributed by atoms with E-state index in [9.17, 15) is 9.59 Å². The Hall–Kier alpha value is -2.04. The molecular formula is C16H24N2O3. The van der Waals surface area contributed by atoms with Gasteiger partial charge in [-0.1, -0.05) is 38.5 Å². The molecule has 5 nitrogen and oxygen atoms in total. The molecule has 0 saturated heterocycles. The third kappa shape index (κ3) is 6.79. The average Bonchev–Trinajstić information content (AvgIpc) is 2.41. The molecule has 116 valence electrons. The van der Waals surface area contributed by atoms with Gasteiger partial charge in [0.1, 0.15) is 5.75 Å². The Morgan fingerprint density at radius 2 is 1.62 bits per heavy atom. The number of carbonyl (C=O) groups excluding carboxylic acids is 2. The van der Waals surface area contributed by atoms with Gasteiger partial charge < -0.3 is 15.4 Å². The molecule has 1 aromatic rings. The van der Waals surface area contributed by atoms with Crippen LogP contribution in [0.25, 0.3) is 0 Å². The van der Waals surface area contributed by atoms with Crippen LogP contribution in [0.5, 0.6) is 5.75 Å². The molecule has 1 aromatic carbocycles. The number of aryl methyl sites for hydroxylation is 1. The number of hydrogen-bond donors (Lipinski definition) is 2. The molecule has 0 fully saturated rings. The van der Waals surface area contributed by atoms with Gasteiger partial charge in [-0.2, -0.15) is 0 Å². The van der Waals surface area contributed by atoms with Crippen molar-refractivity contribution in [1.82, 2.24) is 10.6 Å². The summed E-state index contributed by atoms with van der Waals surface area (Å²) in [7, 11) is 0. The Balaban J connectivity index is 2.17. The van der Waals surface area contributed by atoms with Gasteiger partial charge in [0.05, 0.1) is 0 Å². The van der Waals surface area contributed by atoms with E-state index in [1.165, 1.54) is 0 Å². The first-order chi connectivity index (χ1) is 9.79. The summed E-state index contributed by atoms with van der Waals surface area (Å²) >= 11 is 0. The van der Waals surface area contributed by atoms with Crippen LogP contribution in [0.15, 0.2) is 24.3 Å². The molecule has 5 heteroatoms. The predicted octanol–water partition coefficient (Wildman–Crippen LogP) is 1.65. The lowest BCUT2D eigenvalue weighted by molar-refractivity contribution is -0.128. The molecule has 0 radical (unpaired) electrons. The largest absolute Gasteiger partial charge is 0.484 e. The van der Waals surface area contributed by atoms with E-state index in [1.807, 2.05) is 52.0 Å². The van der Waals surface area contributed by atoms with Gasteiger partial charge >= 0.3 is 0 Å². The third-order valence-corrected chi connectivity index (χ3v) is 2.80. The van der Waals surface area contributed by atoms with E-state index in [-0.39, 0.29) is 18.4 Å². The van der Waals surface area contributed by atoms with Crippen LogP contribution in [0, 0.1) is 12.3 Å². The summed E-state index contributed by atoms with van der Waals surface area (Å²) in [6, 6.07) is 7.50. The number of carbonyl (C=O) groups is 2. The molecule has 0 aliphatic rings. The molecule has 2 N–H and O–H groups in total. The second kappa shape index (κ2) is 7.67. The minimum absolute atomic E-state index is 0.0315. The van der Waals surface area contributed by atoms with Crippen molar-refractivity contribution in [2.24, 2.45) is 5.41 Å². The zero-order chi connectivity index (χ0) is 15.9. The molecular weight excluding hydrogens is 268 g/mol. The second-order valence-electron chi connectivity index (χ2n) is 5.96. The highest BCUT2D eigenvalue weighted by Gasteiger charge is 2.20. The van der Waals surface area contributed by atoms with Crippen LogP contribution in [0.3, 0.4) is 0 Å². The van der Waals surface area contributed by atoms with Crippen LogP contribution >= 0.6 is 0 Å². The highest BCUT2D eigenvalue weighted by atomic mass is 16.5. The molecule has 0 aliphatic heterocycles. The maximum Gasteiger partial charge on any atom is 0.258 e. The predicted molar refractivity (Wildman–Crippen MR) is 82.1 cm³/mol. The fourth-order valence-corrected chi connectivity index (χ4v) is 1.48. The highest BCUT2D eigenvalue weighted by Crippen LogP contribution is 2.12. The summed E-state index contributed by atoms with van der Waals surface area (Å²) in [6.07, 6.45) is 0. The van der Waals surface area contributed by atoms with E-state index in [0.29, 0.717) is 18.8 Å². The second-order valence-corrected chi connectivity index (χ2v) is 5.96. The summed E-state index contributed by atoms with van der Waals surface area (Å²) in [5.74, 6) is 0.421. The SMILES string of the molecule is Cc1ccc(OCC(=O)NCCNC(=O)C(C)(C)C)cc1. The van der Waals surface area contributed by atoms with Crippen LogP contribution in [-0.4, -0.2) is 31.5 Å². The molecule has 0 unspecified atom stereocenters. The van der Waals surface area contributed by atoms with Crippen LogP contribution in [0.4, 0.5) is 0 Å². The van der Waals surface area contributed by atoms with Crippen molar-refractivity contribution >= 4 is 11.8 Å². The lowest BCUT2D eigenvalue weighted by atomic mass is 9.96. The van der Waals surface area contributed by atoms with Crippen molar-refractivity contribution in [3.63, 3.8) is 0 Å². The Morgan fingerprint density at radius 1 is 1.05 bits per heavy atom. The van der Waals surface area contributed by atoms with Crippen LogP contribution in [-0.2, 0) is 9.59 Å².